The van der Waals surface area contributed by atoms with Gasteiger partial charge in [-0.05, 0) is 70.6 Å². The minimum Gasteiger partial charge on any atom is -0.103 e. The molecule has 0 heterocycles. The van der Waals surface area contributed by atoms with Crippen molar-refractivity contribution in [3.8, 4) is 0 Å². The first-order chi connectivity index (χ1) is 3.41. The van der Waals surface area contributed by atoms with Crippen LogP contribution in [-0.4, -0.2) is 1.05 Å². The highest BCUT2D eigenvalue weighted by Gasteiger charge is 2.08. The van der Waals surface area contributed by atoms with Crippen LogP contribution in [-0.2, 0) is 0 Å². The van der Waals surface area contributed by atoms with Crippen molar-refractivity contribution in [3.63, 3.8) is 0 Å². The number of rotatable bonds is 0. The quantitative estimate of drug-likeness (QED) is 0.560. The van der Waals surface area contributed by atoms with E-state index in [1.807, 2.05) is 0 Å². The van der Waals surface area contributed by atoms with Gasteiger partial charge in [-0.15, -0.1) is 6.58 Å². The molecule has 0 rings (SSSR count). The monoisotopic (exact) mass is 369 g/mol. The lowest BCUT2D eigenvalue weighted by atomic mass is 10.8. The van der Waals surface area contributed by atoms with Crippen LogP contribution in [0.5, 0.6) is 0 Å². The Labute approximate surface area is 83.6 Å². The molecule has 0 aromatic carbocycles. The molecule has 0 spiro atoms. The minimum absolute atomic E-state index is 0.250. The first kappa shape index (κ1) is 12.3. The Hall–Kier alpha value is 1.66. The van der Waals surface area contributed by atoms with Crippen molar-refractivity contribution in [1.29, 1.82) is 0 Å². The van der Waals surface area contributed by atoms with E-state index < -0.39 is 0 Å². The van der Waals surface area contributed by atoms with Gasteiger partial charge in [0.05, 0.1) is 0 Å². The topological polar surface area (TPSA) is 0 Å². The predicted octanol–water partition coefficient (Wildman–Crippen LogP) is 4.18. The summed E-state index contributed by atoms with van der Waals surface area (Å²) in [7, 11) is 0. The Bertz CT molecular complexity index is 47.5. The van der Waals surface area contributed by atoms with E-state index in [9.17, 15) is 0 Å². The maximum Gasteiger partial charge on any atom is 0.189 e. The molecular formula is C4H5Br4. The molecule has 0 aromatic rings. The molecule has 0 amide bonds. The second-order valence-electron chi connectivity index (χ2n) is 0.717. The van der Waals surface area contributed by atoms with E-state index in [1.54, 1.807) is 0 Å². The summed E-state index contributed by atoms with van der Waals surface area (Å²) in [6.07, 6.45) is 1.50. The molecule has 0 unspecified atom stereocenters. The third-order valence-electron chi connectivity index (χ3n) is 0. The number of allylic oxidation sites excluding steroid dienone is 1. The Kier molecular flexibility index (Phi) is 10.5. The highest BCUT2D eigenvalue weighted by atomic mass is 80.0. The van der Waals surface area contributed by atoms with E-state index >= 15 is 0 Å². The molecule has 0 aliphatic heterocycles. The molecule has 0 N–H and O–H groups in total. The second kappa shape index (κ2) is 6.78. The van der Waals surface area contributed by atoms with E-state index in [2.05, 4.69) is 77.2 Å². The molecule has 8 heavy (non-hydrogen) atoms. The fourth-order valence-corrected chi connectivity index (χ4v) is 0. The van der Waals surface area contributed by atoms with Crippen LogP contribution in [0, 0.1) is 6.92 Å². The number of alkyl halides is 4. The van der Waals surface area contributed by atoms with Crippen LogP contribution in [0.2, 0.25) is 0 Å². The average Bonchev–Trinajstić information content (AvgIpc) is 1.27. The van der Waals surface area contributed by atoms with E-state index in [1.165, 1.54) is 6.08 Å². The highest BCUT2D eigenvalue weighted by Crippen LogP contribution is 2.39. The summed E-state index contributed by atoms with van der Waals surface area (Å²) in [5.74, 6) is 0. The zero-order valence-electron chi connectivity index (χ0n) is 4.00. The minimum atomic E-state index is -0.250. The van der Waals surface area contributed by atoms with Gasteiger partial charge in [0.1, 0.15) is 0 Å². The lowest BCUT2D eigenvalue weighted by molar-refractivity contribution is 2.14. The van der Waals surface area contributed by atoms with Gasteiger partial charge in [0.2, 0.25) is 0 Å². The maximum absolute atomic E-state index is 3.25. The van der Waals surface area contributed by atoms with Gasteiger partial charge in [-0.3, -0.25) is 0 Å². The smallest absolute Gasteiger partial charge is 0.103 e. The summed E-state index contributed by atoms with van der Waals surface area (Å²) in [6.45, 7) is 6.50. The van der Waals surface area contributed by atoms with E-state index in [4.69, 9.17) is 0 Å². The first-order valence-electron chi connectivity index (χ1n) is 1.57. The molecule has 0 aromatic heterocycles. The summed E-state index contributed by atoms with van der Waals surface area (Å²) in [4.78, 5) is 0. The van der Waals surface area contributed by atoms with Gasteiger partial charge in [0.15, 0.2) is 1.05 Å². The fraction of sp³-hybridized carbons (Fsp3) is 0.250. The van der Waals surface area contributed by atoms with Gasteiger partial charge in [-0.25, -0.2) is 0 Å². The first-order valence-corrected chi connectivity index (χ1v) is 4.74. The summed E-state index contributed by atoms with van der Waals surface area (Å²) < 4.78 is -0.250. The zero-order chi connectivity index (χ0) is 7.21. The van der Waals surface area contributed by atoms with Crippen LogP contribution < -0.4 is 0 Å². The third kappa shape index (κ3) is 123. The van der Waals surface area contributed by atoms with Crippen molar-refractivity contribution in [1.82, 2.24) is 0 Å². The summed E-state index contributed by atoms with van der Waals surface area (Å²) in [5.41, 5.74) is 0. The van der Waals surface area contributed by atoms with E-state index in [-0.39, 0.29) is 1.05 Å². The predicted molar refractivity (Wildman–Crippen MR) is 54.0 cm³/mol. The standard InChI is InChI=1S/C3H5.CBr4/c1-3-2;2-1(3,4)5/h3H,1-2H2;. The molecule has 0 saturated carbocycles. The van der Waals surface area contributed by atoms with Crippen LogP contribution in [0.4, 0.5) is 0 Å². The fourth-order valence-electron chi connectivity index (χ4n) is 0. The Morgan fingerprint density at radius 2 is 1.12 bits per heavy atom. The Morgan fingerprint density at radius 1 is 1.12 bits per heavy atom. The van der Waals surface area contributed by atoms with Gasteiger partial charge >= 0.3 is 0 Å². The third-order valence-corrected chi connectivity index (χ3v) is 0. The lowest BCUT2D eigenvalue weighted by Crippen LogP contribution is -1.75. The van der Waals surface area contributed by atoms with Crippen molar-refractivity contribution in [2.45, 2.75) is 1.05 Å². The molecule has 49 valence electrons. The summed E-state index contributed by atoms with van der Waals surface area (Å²) in [5, 5.41) is 0. The van der Waals surface area contributed by atoms with Gasteiger partial charge < -0.3 is 0 Å². The zero-order valence-corrected chi connectivity index (χ0v) is 10.3. The van der Waals surface area contributed by atoms with Crippen molar-refractivity contribution >= 4 is 63.7 Å². The molecule has 0 fully saturated rings. The van der Waals surface area contributed by atoms with Crippen LogP contribution >= 0.6 is 63.7 Å². The van der Waals surface area contributed by atoms with Crippen molar-refractivity contribution in [3.05, 3.63) is 19.6 Å². The average molecular weight is 373 g/mol. The highest BCUT2D eigenvalue weighted by molar-refractivity contribution is 9.52. The van der Waals surface area contributed by atoms with Crippen molar-refractivity contribution in [2.24, 2.45) is 0 Å². The molecule has 0 nitrogen and oxygen atoms in total. The molecule has 0 aliphatic carbocycles. The van der Waals surface area contributed by atoms with Crippen LogP contribution in [0.1, 0.15) is 0 Å². The lowest BCUT2D eigenvalue weighted by Gasteiger charge is -1.93. The number of hydrogen-bond donors (Lipinski definition) is 0. The van der Waals surface area contributed by atoms with Gasteiger partial charge in [-0.1, -0.05) is 6.08 Å². The molecular weight excluding hydrogens is 368 g/mol. The largest absolute Gasteiger partial charge is 0.189 e. The molecule has 1 radical (unpaired) electrons. The van der Waals surface area contributed by atoms with Crippen LogP contribution in [0.15, 0.2) is 12.7 Å². The van der Waals surface area contributed by atoms with Gasteiger partial charge in [-0.2, -0.15) is 0 Å². The SMILES string of the molecule is BrC(Br)(Br)Br.[CH2]C=C. The number of halogens is 4. The summed E-state index contributed by atoms with van der Waals surface area (Å²) >= 11 is 12.5. The molecule has 4 heteroatoms. The van der Waals surface area contributed by atoms with Crippen molar-refractivity contribution in [2.75, 3.05) is 0 Å². The normalized spacial score (nSPS) is 9.12. The van der Waals surface area contributed by atoms with E-state index in [0.29, 0.717) is 0 Å². The van der Waals surface area contributed by atoms with Crippen LogP contribution in [0.25, 0.3) is 0 Å². The molecule has 0 atom stereocenters. The maximum atomic E-state index is 3.25. The Morgan fingerprint density at radius 3 is 1.12 bits per heavy atom. The van der Waals surface area contributed by atoms with E-state index in [0.717, 1.165) is 0 Å². The molecule has 0 aliphatic rings. The Balaban J connectivity index is 0. The summed E-state index contributed by atoms with van der Waals surface area (Å²) in [6, 6.07) is 0. The van der Waals surface area contributed by atoms with Gasteiger partial charge in [0, 0.05) is 0 Å². The molecule has 0 saturated heterocycles. The van der Waals surface area contributed by atoms with Crippen molar-refractivity contribution < 1.29 is 0 Å². The second-order valence-corrected chi connectivity index (χ2v) is 11.9. The van der Waals surface area contributed by atoms with Crippen LogP contribution in [0.3, 0.4) is 0 Å². The molecule has 0 bridgehead atoms. The van der Waals surface area contributed by atoms with Gasteiger partial charge in [0.25, 0.3) is 0 Å². The number of hydrogen-bond acceptors (Lipinski definition) is 0.